The second kappa shape index (κ2) is 9.95. The zero-order valence-corrected chi connectivity index (χ0v) is 17.2. The van der Waals surface area contributed by atoms with Crippen molar-refractivity contribution in [3.63, 3.8) is 0 Å². The van der Waals surface area contributed by atoms with Gasteiger partial charge in [-0.2, -0.15) is 0 Å². The van der Waals surface area contributed by atoms with Crippen LogP contribution in [0.25, 0.3) is 0 Å². The average molecular weight is 464 g/mol. The number of nitrogens with zero attached hydrogens (tertiary/aromatic N) is 1. The summed E-state index contributed by atoms with van der Waals surface area (Å²) in [5, 5.41) is 41.7. The molecule has 0 spiro atoms. The van der Waals surface area contributed by atoms with Crippen LogP contribution in [-0.2, 0) is 20.7 Å². The number of nitrogens with two attached hydrogens (primary N) is 1. The molecule has 33 heavy (non-hydrogen) atoms. The van der Waals surface area contributed by atoms with Crippen LogP contribution in [0.3, 0.4) is 0 Å². The minimum Gasteiger partial charge on any atom is -0.508 e. The Morgan fingerprint density at radius 2 is 1.82 bits per heavy atom. The van der Waals surface area contributed by atoms with Gasteiger partial charge in [-0.25, -0.2) is 9.59 Å². The Hall–Kier alpha value is -3.52. The molecule has 0 unspecified atom stereocenters. The predicted octanol–water partition coefficient (Wildman–Crippen LogP) is -2.61. The topological polar surface area (TPSA) is 217 Å². The van der Waals surface area contributed by atoms with E-state index in [1.54, 1.807) is 12.1 Å². The van der Waals surface area contributed by atoms with Crippen LogP contribution in [0.15, 0.2) is 46.1 Å². The fourth-order valence-corrected chi connectivity index (χ4v) is 3.48. The summed E-state index contributed by atoms with van der Waals surface area (Å²) in [6, 6.07) is 4.38. The summed E-state index contributed by atoms with van der Waals surface area (Å²) in [6.07, 6.45) is -5.05. The van der Waals surface area contributed by atoms with Gasteiger partial charge in [0.1, 0.15) is 24.1 Å². The van der Waals surface area contributed by atoms with Gasteiger partial charge in [-0.15, -0.1) is 0 Å². The number of hydrogen-bond donors (Lipinski definition) is 7. The lowest BCUT2D eigenvalue weighted by Gasteiger charge is -2.24. The number of aliphatic carboxylic acids is 1. The van der Waals surface area contributed by atoms with Crippen molar-refractivity contribution in [1.29, 1.82) is 0 Å². The number of aromatic hydroxyl groups is 1. The zero-order chi connectivity index (χ0) is 24.3. The third-order valence-corrected chi connectivity index (χ3v) is 5.31. The molecule has 3 rings (SSSR count). The van der Waals surface area contributed by atoms with Crippen LogP contribution in [0.5, 0.6) is 5.75 Å². The van der Waals surface area contributed by atoms with Crippen molar-refractivity contribution < 1.29 is 34.8 Å². The van der Waals surface area contributed by atoms with Crippen molar-refractivity contribution in [2.24, 2.45) is 5.73 Å². The molecule has 1 amide bonds. The van der Waals surface area contributed by atoms with Gasteiger partial charge >= 0.3 is 11.7 Å². The third kappa shape index (κ3) is 5.46. The Morgan fingerprint density at radius 1 is 1.15 bits per heavy atom. The van der Waals surface area contributed by atoms with E-state index in [0.29, 0.717) is 6.42 Å². The highest BCUT2D eigenvalue weighted by atomic mass is 16.6. The maximum atomic E-state index is 12.5. The van der Waals surface area contributed by atoms with Crippen LogP contribution in [0.1, 0.15) is 18.2 Å². The van der Waals surface area contributed by atoms with Crippen LogP contribution >= 0.6 is 0 Å². The Kier molecular flexibility index (Phi) is 7.28. The molecule has 0 radical (unpaired) electrons. The first kappa shape index (κ1) is 24.1. The molecule has 2 heterocycles. The molecule has 1 aliphatic heterocycles. The molecule has 8 N–H and O–H groups in total. The summed E-state index contributed by atoms with van der Waals surface area (Å²) in [7, 11) is 0. The molecule has 2 aromatic rings. The number of nitrogens with one attached hydrogen (secondary N) is 2. The second-order valence-corrected chi connectivity index (χ2v) is 7.63. The van der Waals surface area contributed by atoms with Gasteiger partial charge in [0.15, 0.2) is 12.3 Å². The van der Waals surface area contributed by atoms with Gasteiger partial charge in [0.05, 0.1) is 6.04 Å². The van der Waals surface area contributed by atoms with E-state index in [0.717, 1.165) is 22.4 Å². The second-order valence-electron chi connectivity index (χ2n) is 7.63. The number of hydrogen-bond acceptors (Lipinski definition) is 9. The van der Waals surface area contributed by atoms with E-state index in [9.17, 15) is 39.6 Å². The maximum absolute atomic E-state index is 12.5. The predicted molar refractivity (Wildman–Crippen MR) is 111 cm³/mol. The number of aryl methyl sites for hydroxylation is 1. The van der Waals surface area contributed by atoms with Crippen molar-refractivity contribution in [3.05, 3.63) is 62.9 Å². The highest BCUT2D eigenvalue weighted by molar-refractivity contribution is 5.87. The van der Waals surface area contributed by atoms with Crippen molar-refractivity contribution >= 4 is 11.9 Å². The Labute approximate surface area is 186 Å². The quantitative estimate of drug-likeness (QED) is 0.216. The normalized spacial score (nSPS) is 24.2. The highest BCUT2D eigenvalue weighted by Crippen LogP contribution is 2.30. The van der Waals surface area contributed by atoms with Crippen molar-refractivity contribution in [2.45, 2.75) is 49.5 Å². The van der Waals surface area contributed by atoms with Gasteiger partial charge in [0.25, 0.3) is 5.56 Å². The lowest BCUT2D eigenvalue weighted by molar-refractivity contribution is -0.149. The van der Waals surface area contributed by atoms with Gasteiger partial charge < -0.3 is 36.2 Å². The van der Waals surface area contributed by atoms with E-state index in [2.05, 4.69) is 5.32 Å². The minimum absolute atomic E-state index is 0.0878. The summed E-state index contributed by atoms with van der Waals surface area (Å²) in [4.78, 5) is 49.5. The van der Waals surface area contributed by atoms with Gasteiger partial charge in [-0.3, -0.25) is 19.1 Å². The van der Waals surface area contributed by atoms with E-state index in [1.807, 2.05) is 4.98 Å². The van der Waals surface area contributed by atoms with Gasteiger partial charge in [0, 0.05) is 12.3 Å². The zero-order valence-electron chi connectivity index (χ0n) is 17.2. The minimum atomic E-state index is -1.79. The van der Waals surface area contributed by atoms with E-state index in [4.69, 9.17) is 10.5 Å². The summed E-state index contributed by atoms with van der Waals surface area (Å²) in [6.45, 7) is 0. The van der Waals surface area contributed by atoms with Crippen molar-refractivity contribution in [1.82, 2.24) is 14.9 Å². The molecule has 0 saturated carbocycles. The molecule has 1 aromatic heterocycles. The van der Waals surface area contributed by atoms with Gasteiger partial charge in [-0.1, -0.05) is 12.1 Å². The smallest absolute Gasteiger partial charge is 0.330 e. The third-order valence-electron chi connectivity index (χ3n) is 5.31. The number of aliphatic hydroxyl groups is 2. The Bertz CT molecular complexity index is 1110. The number of rotatable bonds is 8. The first-order valence-corrected chi connectivity index (χ1v) is 9.98. The molecular weight excluding hydrogens is 440 g/mol. The molecule has 13 heteroatoms. The van der Waals surface area contributed by atoms with Gasteiger partial charge in [0.2, 0.25) is 5.91 Å². The molecule has 0 bridgehead atoms. The van der Waals surface area contributed by atoms with E-state index < -0.39 is 59.7 Å². The number of aromatic nitrogens is 2. The fraction of sp³-hybridized carbons (Fsp3) is 0.400. The SMILES string of the molecule is N[C@@H](CCc1ccc(O)cc1)C(=O)N[C@H](C(=O)O)[C@H]1O[C@@H](n2ccc(=O)[nH]c2=O)[C@H](O)[C@@H]1O. The highest BCUT2D eigenvalue weighted by Gasteiger charge is 2.50. The summed E-state index contributed by atoms with van der Waals surface area (Å²) in [5.41, 5.74) is 5.04. The van der Waals surface area contributed by atoms with Crippen LogP contribution < -0.4 is 22.3 Å². The number of carboxylic acid groups (broad SMARTS) is 1. The molecule has 13 nitrogen and oxygen atoms in total. The Morgan fingerprint density at radius 3 is 2.42 bits per heavy atom. The van der Waals surface area contributed by atoms with E-state index in [1.165, 1.54) is 12.1 Å². The number of phenols is 1. The molecule has 6 atom stereocenters. The summed E-state index contributed by atoms with van der Waals surface area (Å²) in [5.74, 6) is -2.29. The number of carbonyl (C=O) groups is 2. The first-order chi connectivity index (χ1) is 15.6. The number of ether oxygens (including phenoxy) is 1. The number of aromatic amines is 1. The van der Waals surface area contributed by atoms with Crippen molar-refractivity contribution in [3.8, 4) is 5.75 Å². The summed E-state index contributed by atoms with van der Waals surface area (Å²) >= 11 is 0. The van der Waals surface area contributed by atoms with E-state index in [-0.39, 0.29) is 12.2 Å². The lowest BCUT2D eigenvalue weighted by atomic mass is 10.0. The largest absolute Gasteiger partial charge is 0.508 e. The molecule has 1 saturated heterocycles. The van der Waals surface area contributed by atoms with Crippen LogP contribution in [-0.4, -0.2) is 72.2 Å². The average Bonchev–Trinajstić information content (AvgIpc) is 3.05. The Balaban J connectivity index is 1.69. The number of benzene rings is 1. The standard InChI is InChI=1S/C20H24N4O9/c21-11(6-3-9-1-4-10(25)5-2-9)17(29)23-13(19(30)31)16-14(27)15(28)18(33-16)24-8-7-12(26)22-20(24)32/h1-2,4-5,7-8,11,13-16,18,25,27-28H,3,6,21H2,(H,23,29)(H,30,31)(H,22,26,32)/t11-,13-,14-,15+,16+,18+/m0/s1. The number of H-pyrrole nitrogens is 1. The number of amides is 1. The molecule has 178 valence electrons. The number of carboxylic acids is 1. The molecular formula is C20H24N4O9. The van der Waals surface area contributed by atoms with Crippen LogP contribution in [0.2, 0.25) is 0 Å². The van der Waals surface area contributed by atoms with Crippen LogP contribution in [0.4, 0.5) is 0 Å². The summed E-state index contributed by atoms with van der Waals surface area (Å²) < 4.78 is 6.21. The monoisotopic (exact) mass is 464 g/mol. The maximum Gasteiger partial charge on any atom is 0.330 e. The number of aliphatic hydroxyl groups excluding tert-OH is 2. The van der Waals surface area contributed by atoms with E-state index >= 15 is 0 Å². The first-order valence-electron chi connectivity index (χ1n) is 9.98. The van der Waals surface area contributed by atoms with Crippen molar-refractivity contribution in [2.75, 3.05) is 0 Å². The molecule has 1 fully saturated rings. The number of carbonyl (C=O) groups excluding carboxylic acids is 1. The number of phenolic OH excluding ortho intramolecular Hbond substituents is 1. The lowest BCUT2D eigenvalue weighted by Crippen LogP contribution is -2.56. The molecule has 0 aliphatic carbocycles. The molecule has 1 aromatic carbocycles. The van der Waals surface area contributed by atoms with Gasteiger partial charge in [-0.05, 0) is 30.5 Å². The molecule has 1 aliphatic rings. The fourth-order valence-electron chi connectivity index (χ4n) is 3.48. The van der Waals surface area contributed by atoms with Crippen LogP contribution in [0, 0.1) is 0 Å².